The van der Waals surface area contributed by atoms with Crippen LogP contribution in [0, 0.1) is 0 Å². The summed E-state index contributed by atoms with van der Waals surface area (Å²) in [5.41, 5.74) is 0.516. The molecular weight excluding hydrogens is 573 g/mol. The van der Waals surface area contributed by atoms with Crippen molar-refractivity contribution in [3.63, 3.8) is 0 Å². The van der Waals surface area contributed by atoms with E-state index in [9.17, 15) is 18.0 Å². The number of hydrogen-bond acceptors (Lipinski definition) is 8. The van der Waals surface area contributed by atoms with E-state index in [2.05, 4.69) is 0 Å². The van der Waals surface area contributed by atoms with Gasteiger partial charge in [0.15, 0.2) is 11.5 Å². The van der Waals surface area contributed by atoms with Gasteiger partial charge < -0.3 is 13.7 Å². The Balaban J connectivity index is 1.48. The Kier molecular flexibility index (Phi) is 8.88. The minimum absolute atomic E-state index is 0.0243. The zero-order valence-corrected chi connectivity index (χ0v) is 23.1. The van der Waals surface area contributed by atoms with Crippen LogP contribution < -0.4 is 13.7 Å². The van der Waals surface area contributed by atoms with Gasteiger partial charge in [0, 0.05) is 5.02 Å². The van der Waals surface area contributed by atoms with Crippen molar-refractivity contribution in [1.82, 2.24) is 4.90 Å². The van der Waals surface area contributed by atoms with E-state index in [1.807, 2.05) is 0 Å². The number of para-hydroxylation sites is 1. The van der Waals surface area contributed by atoms with Crippen molar-refractivity contribution in [1.29, 1.82) is 0 Å². The number of nitrogens with zero attached hydrogens (tertiary/aromatic N) is 1. The lowest BCUT2D eigenvalue weighted by atomic mass is 10.2. The van der Waals surface area contributed by atoms with E-state index in [-0.39, 0.29) is 41.1 Å². The van der Waals surface area contributed by atoms with E-state index in [0.29, 0.717) is 21.4 Å². The molecule has 0 N–H and O–H groups in total. The molecule has 0 aromatic heterocycles. The summed E-state index contributed by atoms with van der Waals surface area (Å²) in [5.74, 6) is 0.127. The second-order valence-corrected chi connectivity index (χ2v) is 11.1. The van der Waals surface area contributed by atoms with Crippen LogP contribution in [0.25, 0.3) is 6.08 Å². The summed E-state index contributed by atoms with van der Waals surface area (Å²) in [6, 6.07) is 17.0. The lowest BCUT2D eigenvalue weighted by Crippen LogP contribution is -2.32. The number of carbonyl (C=O) groups is 2. The third-order valence-corrected chi connectivity index (χ3v) is 7.87. The molecule has 0 atom stereocenters. The molecule has 8 nitrogen and oxygen atoms in total. The predicted molar refractivity (Wildman–Crippen MR) is 147 cm³/mol. The molecule has 0 spiro atoms. The molecule has 3 aromatic carbocycles. The van der Waals surface area contributed by atoms with Gasteiger partial charge in [-0.25, -0.2) is 0 Å². The van der Waals surface area contributed by atoms with Crippen LogP contribution in [0.4, 0.5) is 4.79 Å². The molecule has 12 heteroatoms. The smallest absolute Gasteiger partial charge is 0.339 e. The van der Waals surface area contributed by atoms with E-state index in [1.54, 1.807) is 37.3 Å². The van der Waals surface area contributed by atoms with Gasteiger partial charge in [-0.05, 0) is 78.9 Å². The van der Waals surface area contributed by atoms with E-state index in [4.69, 9.17) is 36.9 Å². The Morgan fingerprint density at radius 2 is 1.66 bits per heavy atom. The number of amides is 2. The molecular formula is C26H21Cl2NO7S2. The van der Waals surface area contributed by atoms with Crippen molar-refractivity contribution in [2.45, 2.75) is 11.8 Å². The second kappa shape index (κ2) is 12.1. The highest BCUT2D eigenvalue weighted by Crippen LogP contribution is 2.36. The summed E-state index contributed by atoms with van der Waals surface area (Å²) in [6.45, 7) is 2.10. The minimum atomic E-state index is -4.14. The lowest BCUT2D eigenvalue weighted by molar-refractivity contribution is -0.123. The van der Waals surface area contributed by atoms with Gasteiger partial charge in [-0.3, -0.25) is 14.5 Å². The van der Waals surface area contributed by atoms with Gasteiger partial charge >= 0.3 is 10.1 Å². The van der Waals surface area contributed by atoms with Crippen LogP contribution in [0.1, 0.15) is 12.5 Å². The van der Waals surface area contributed by atoms with Gasteiger partial charge in [0.25, 0.3) is 11.1 Å². The fraction of sp³-hybridized carbons (Fsp3) is 0.154. The Morgan fingerprint density at radius 1 is 0.921 bits per heavy atom. The molecule has 0 unspecified atom stereocenters. The number of rotatable bonds is 10. The fourth-order valence-corrected chi connectivity index (χ4v) is 5.49. The number of benzene rings is 3. The Labute approximate surface area is 234 Å². The maximum Gasteiger partial charge on any atom is 0.339 e. The molecule has 1 fully saturated rings. The van der Waals surface area contributed by atoms with E-state index in [0.717, 1.165) is 16.7 Å². The van der Waals surface area contributed by atoms with Crippen molar-refractivity contribution >= 4 is 62.3 Å². The van der Waals surface area contributed by atoms with Gasteiger partial charge in [0.1, 0.15) is 17.3 Å². The van der Waals surface area contributed by atoms with Crippen LogP contribution in [-0.4, -0.2) is 44.2 Å². The van der Waals surface area contributed by atoms with Crippen molar-refractivity contribution in [3.8, 4) is 17.2 Å². The lowest BCUT2D eigenvalue weighted by Gasteiger charge is -2.14. The topological polar surface area (TPSA) is 99.2 Å². The molecule has 0 bridgehead atoms. The van der Waals surface area contributed by atoms with Crippen LogP contribution in [-0.2, 0) is 14.9 Å². The quantitative estimate of drug-likeness (QED) is 0.200. The molecule has 0 saturated carbocycles. The summed E-state index contributed by atoms with van der Waals surface area (Å²) in [6.07, 6.45) is 1.53. The number of thioether (sulfide) groups is 1. The molecule has 198 valence electrons. The standard InChI is InChI=1S/C26H21Cl2NO7S2/c1-2-34-23-15-17(7-12-22(23)36-38(32,33)19-10-8-18(27)9-11-19)16-24-25(30)29(26(31)37-24)13-14-35-21-6-4-3-5-20(21)28/h3-12,15-16H,2,13-14H2,1H3/b24-16-. The molecule has 1 heterocycles. The first-order valence-electron chi connectivity index (χ1n) is 11.3. The van der Waals surface area contributed by atoms with Crippen LogP contribution >= 0.6 is 35.0 Å². The molecule has 4 rings (SSSR count). The maximum absolute atomic E-state index is 12.9. The monoisotopic (exact) mass is 593 g/mol. The average Bonchev–Trinajstić information content (AvgIpc) is 3.14. The number of imide groups is 1. The summed E-state index contributed by atoms with van der Waals surface area (Å²) < 4.78 is 41.9. The Hall–Kier alpha value is -3.18. The molecule has 38 heavy (non-hydrogen) atoms. The molecule has 2 amide bonds. The first kappa shape index (κ1) is 27.8. The number of hydrogen-bond donors (Lipinski definition) is 0. The number of ether oxygens (including phenoxy) is 2. The van der Waals surface area contributed by atoms with Crippen molar-refractivity contribution < 1.29 is 31.7 Å². The molecule has 0 radical (unpaired) electrons. The van der Waals surface area contributed by atoms with Crippen LogP contribution in [0.3, 0.4) is 0 Å². The SMILES string of the molecule is CCOc1cc(/C=C2\SC(=O)N(CCOc3ccccc3Cl)C2=O)ccc1OS(=O)(=O)c1ccc(Cl)cc1. The number of carbonyl (C=O) groups excluding carboxylic acids is 2. The molecule has 1 aliphatic heterocycles. The highest BCUT2D eigenvalue weighted by atomic mass is 35.5. The Morgan fingerprint density at radius 3 is 2.37 bits per heavy atom. The molecule has 1 saturated heterocycles. The van der Waals surface area contributed by atoms with Crippen molar-refractivity contribution in [3.05, 3.63) is 87.2 Å². The van der Waals surface area contributed by atoms with Gasteiger partial charge in [0.2, 0.25) is 0 Å². The van der Waals surface area contributed by atoms with Gasteiger partial charge in [-0.1, -0.05) is 41.4 Å². The van der Waals surface area contributed by atoms with Gasteiger partial charge in [-0.2, -0.15) is 8.42 Å². The third kappa shape index (κ3) is 6.63. The third-order valence-electron chi connectivity index (χ3n) is 5.15. The van der Waals surface area contributed by atoms with E-state index < -0.39 is 21.3 Å². The molecule has 0 aliphatic carbocycles. The summed E-state index contributed by atoms with van der Waals surface area (Å²) in [4.78, 5) is 26.5. The zero-order valence-electron chi connectivity index (χ0n) is 19.9. The fourth-order valence-electron chi connectivity index (χ4n) is 3.37. The maximum atomic E-state index is 12.9. The highest BCUT2D eigenvalue weighted by molar-refractivity contribution is 8.18. The largest absolute Gasteiger partial charge is 0.490 e. The second-order valence-electron chi connectivity index (χ2n) is 7.74. The summed E-state index contributed by atoms with van der Waals surface area (Å²) in [5, 5.41) is 0.393. The average molecular weight is 594 g/mol. The van der Waals surface area contributed by atoms with Gasteiger partial charge in [-0.15, -0.1) is 0 Å². The first-order valence-corrected chi connectivity index (χ1v) is 14.3. The molecule has 3 aromatic rings. The predicted octanol–water partition coefficient (Wildman–Crippen LogP) is 6.28. The van der Waals surface area contributed by atoms with Crippen molar-refractivity contribution in [2.24, 2.45) is 0 Å². The van der Waals surface area contributed by atoms with Gasteiger partial charge in [0.05, 0.1) is 23.1 Å². The zero-order chi connectivity index (χ0) is 27.3. The first-order chi connectivity index (χ1) is 18.2. The molecule has 1 aliphatic rings. The Bertz CT molecular complexity index is 1490. The normalized spacial score (nSPS) is 14.7. The number of halogens is 2. The summed E-state index contributed by atoms with van der Waals surface area (Å²) >= 11 is 12.7. The van der Waals surface area contributed by atoms with E-state index >= 15 is 0 Å². The van der Waals surface area contributed by atoms with Crippen LogP contribution in [0.15, 0.2) is 76.5 Å². The van der Waals surface area contributed by atoms with Crippen molar-refractivity contribution in [2.75, 3.05) is 19.8 Å². The summed E-state index contributed by atoms with van der Waals surface area (Å²) in [7, 11) is -4.14. The van der Waals surface area contributed by atoms with E-state index in [1.165, 1.54) is 42.5 Å². The van der Waals surface area contributed by atoms with Crippen LogP contribution in [0.2, 0.25) is 10.0 Å². The minimum Gasteiger partial charge on any atom is -0.490 e. The highest BCUT2D eigenvalue weighted by Gasteiger charge is 2.35. The van der Waals surface area contributed by atoms with Crippen LogP contribution in [0.5, 0.6) is 17.2 Å².